The molecular formula is C11H22N4. The summed E-state index contributed by atoms with van der Waals surface area (Å²) in [5.74, 6) is 1.35. The number of hydrogen-bond acceptors (Lipinski definition) is 2. The Kier molecular flexibility index (Phi) is 3.14. The summed E-state index contributed by atoms with van der Waals surface area (Å²) in [6.07, 6.45) is 5.40. The van der Waals surface area contributed by atoms with Crippen LogP contribution in [0.5, 0.6) is 0 Å². The lowest BCUT2D eigenvalue weighted by Gasteiger charge is -2.36. The van der Waals surface area contributed by atoms with Gasteiger partial charge in [-0.25, -0.2) is 0 Å². The largest absolute Gasteiger partial charge is 0.370 e. The molecule has 2 rings (SSSR count). The van der Waals surface area contributed by atoms with Gasteiger partial charge in [0.05, 0.1) is 0 Å². The van der Waals surface area contributed by atoms with Crippen molar-refractivity contribution in [1.29, 1.82) is 0 Å². The lowest BCUT2D eigenvalue weighted by Crippen LogP contribution is -2.44. The lowest BCUT2D eigenvalue weighted by molar-refractivity contribution is 0.135. The van der Waals surface area contributed by atoms with Gasteiger partial charge in [0.25, 0.3) is 0 Å². The van der Waals surface area contributed by atoms with E-state index in [-0.39, 0.29) is 0 Å². The van der Waals surface area contributed by atoms with E-state index >= 15 is 0 Å². The standard InChI is InChI=1S/C11H22N4/c1-13-11(12)14-7-8-5-9-3-4-10(6-8)15(9)2/h8-10H,3-7H2,1-2H3,(H3,12,13,14). The Bertz CT molecular complexity index is 237. The number of nitrogens with one attached hydrogen (secondary N) is 1. The highest BCUT2D eigenvalue weighted by Crippen LogP contribution is 2.36. The quantitative estimate of drug-likeness (QED) is 0.512. The summed E-state index contributed by atoms with van der Waals surface area (Å²) in [7, 11) is 3.99. The number of nitrogens with two attached hydrogens (primary N) is 1. The van der Waals surface area contributed by atoms with E-state index < -0.39 is 0 Å². The minimum Gasteiger partial charge on any atom is -0.370 e. The van der Waals surface area contributed by atoms with Crippen LogP contribution in [0.15, 0.2) is 4.99 Å². The Morgan fingerprint density at radius 3 is 2.53 bits per heavy atom. The highest BCUT2D eigenvalue weighted by atomic mass is 15.2. The molecule has 0 saturated carbocycles. The van der Waals surface area contributed by atoms with Crippen molar-refractivity contribution in [1.82, 2.24) is 10.2 Å². The van der Waals surface area contributed by atoms with Crippen molar-refractivity contribution < 1.29 is 0 Å². The maximum atomic E-state index is 5.63. The van der Waals surface area contributed by atoms with Gasteiger partial charge in [0.15, 0.2) is 5.96 Å². The first-order valence-corrected chi connectivity index (χ1v) is 5.88. The monoisotopic (exact) mass is 210 g/mol. The molecule has 0 radical (unpaired) electrons. The zero-order valence-electron chi connectivity index (χ0n) is 9.74. The highest BCUT2D eigenvalue weighted by molar-refractivity contribution is 5.77. The maximum Gasteiger partial charge on any atom is 0.188 e. The summed E-state index contributed by atoms with van der Waals surface area (Å²) in [5, 5.41) is 3.19. The van der Waals surface area contributed by atoms with Crippen LogP contribution in [-0.4, -0.2) is 43.6 Å². The number of hydrogen-bond donors (Lipinski definition) is 2. The summed E-state index contributed by atoms with van der Waals surface area (Å²) in [6.45, 7) is 0.990. The second-order valence-electron chi connectivity index (χ2n) is 4.88. The molecule has 4 heteroatoms. The normalized spacial score (nSPS) is 36.9. The van der Waals surface area contributed by atoms with E-state index in [1.807, 2.05) is 0 Å². The van der Waals surface area contributed by atoms with Crippen LogP contribution in [0.3, 0.4) is 0 Å². The molecule has 0 spiro atoms. The van der Waals surface area contributed by atoms with Crippen molar-refractivity contribution in [2.75, 3.05) is 20.6 Å². The van der Waals surface area contributed by atoms with Crippen LogP contribution in [-0.2, 0) is 0 Å². The first-order valence-electron chi connectivity index (χ1n) is 5.88. The van der Waals surface area contributed by atoms with Crippen LogP contribution in [0.1, 0.15) is 25.7 Å². The number of nitrogens with zero attached hydrogens (tertiary/aromatic N) is 2. The summed E-state index contributed by atoms with van der Waals surface area (Å²) < 4.78 is 0. The van der Waals surface area contributed by atoms with E-state index in [1.54, 1.807) is 7.05 Å². The second-order valence-corrected chi connectivity index (χ2v) is 4.88. The first-order chi connectivity index (χ1) is 7.20. The van der Waals surface area contributed by atoms with Gasteiger partial charge in [0, 0.05) is 25.7 Å². The maximum absolute atomic E-state index is 5.63. The van der Waals surface area contributed by atoms with Crippen molar-refractivity contribution in [3.63, 3.8) is 0 Å². The Morgan fingerprint density at radius 1 is 1.40 bits per heavy atom. The minimum atomic E-state index is 0.571. The van der Waals surface area contributed by atoms with Crippen LogP contribution in [0.4, 0.5) is 0 Å². The predicted octanol–water partition coefficient (Wildman–Crippen LogP) is 0.393. The fraction of sp³-hybridized carbons (Fsp3) is 0.909. The highest BCUT2D eigenvalue weighted by Gasteiger charge is 2.37. The fourth-order valence-corrected chi connectivity index (χ4v) is 3.02. The molecule has 2 aliphatic heterocycles. The molecule has 0 aromatic heterocycles. The Balaban J connectivity index is 1.82. The van der Waals surface area contributed by atoms with Gasteiger partial charge in [-0.1, -0.05) is 0 Å². The van der Waals surface area contributed by atoms with E-state index in [4.69, 9.17) is 5.73 Å². The molecule has 0 aromatic rings. The smallest absolute Gasteiger partial charge is 0.188 e. The van der Waals surface area contributed by atoms with Gasteiger partial charge in [0.1, 0.15) is 0 Å². The molecule has 3 N–H and O–H groups in total. The van der Waals surface area contributed by atoms with E-state index in [9.17, 15) is 0 Å². The molecule has 2 aliphatic rings. The molecule has 2 fully saturated rings. The van der Waals surface area contributed by atoms with Crippen molar-refractivity contribution >= 4 is 5.96 Å². The summed E-state index contributed by atoms with van der Waals surface area (Å²) in [5.41, 5.74) is 5.63. The van der Waals surface area contributed by atoms with Gasteiger partial charge < -0.3 is 16.0 Å². The molecule has 2 heterocycles. The fourth-order valence-electron chi connectivity index (χ4n) is 3.02. The Hall–Kier alpha value is -0.770. The van der Waals surface area contributed by atoms with Gasteiger partial charge in [0.2, 0.25) is 0 Å². The van der Waals surface area contributed by atoms with Gasteiger partial charge >= 0.3 is 0 Å². The van der Waals surface area contributed by atoms with E-state index in [1.165, 1.54) is 25.7 Å². The average Bonchev–Trinajstić information content (AvgIpc) is 2.50. The van der Waals surface area contributed by atoms with E-state index in [0.717, 1.165) is 24.5 Å². The summed E-state index contributed by atoms with van der Waals surface area (Å²) in [6, 6.07) is 1.63. The van der Waals surface area contributed by atoms with Crippen LogP contribution >= 0.6 is 0 Å². The number of piperidine rings is 1. The van der Waals surface area contributed by atoms with Crippen molar-refractivity contribution in [2.45, 2.75) is 37.8 Å². The number of guanidine groups is 1. The van der Waals surface area contributed by atoms with Crippen LogP contribution in [0.25, 0.3) is 0 Å². The van der Waals surface area contributed by atoms with Crippen LogP contribution < -0.4 is 11.1 Å². The molecule has 0 aliphatic carbocycles. The molecule has 4 nitrogen and oxygen atoms in total. The van der Waals surface area contributed by atoms with Gasteiger partial charge in [-0.15, -0.1) is 0 Å². The minimum absolute atomic E-state index is 0.571. The van der Waals surface area contributed by atoms with Gasteiger partial charge in [-0.3, -0.25) is 4.99 Å². The van der Waals surface area contributed by atoms with Crippen LogP contribution in [0.2, 0.25) is 0 Å². The molecule has 2 unspecified atom stereocenters. The molecule has 0 amide bonds. The van der Waals surface area contributed by atoms with Crippen molar-refractivity contribution in [3.8, 4) is 0 Å². The summed E-state index contributed by atoms with van der Waals surface area (Å²) in [4.78, 5) is 6.48. The molecule has 0 aromatic carbocycles. The predicted molar refractivity (Wildman–Crippen MR) is 62.8 cm³/mol. The SMILES string of the molecule is CN=C(N)NCC1CC2CCC(C1)N2C. The molecular weight excluding hydrogens is 188 g/mol. The van der Waals surface area contributed by atoms with Crippen molar-refractivity contribution in [2.24, 2.45) is 16.6 Å². The lowest BCUT2D eigenvalue weighted by atomic mass is 9.91. The number of rotatable bonds is 2. The van der Waals surface area contributed by atoms with Crippen LogP contribution in [0, 0.1) is 5.92 Å². The zero-order valence-corrected chi connectivity index (χ0v) is 9.74. The third-order valence-electron chi connectivity index (χ3n) is 4.01. The van der Waals surface area contributed by atoms with Gasteiger partial charge in [-0.2, -0.15) is 0 Å². The van der Waals surface area contributed by atoms with E-state index in [2.05, 4.69) is 22.3 Å². The second kappa shape index (κ2) is 4.39. The molecule has 86 valence electrons. The zero-order chi connectivity index (χ0) is 10.8. The molecule has 2 atom stereocenters. The van der Waals surface area contributed by atoms with E-state index in [0.29, 0.717) is 5.96 Å². The Labute approximate surface area is 91.9 Å². The molecule has 2 saturated heterocycles. The number of aliphatic imine (C=N–C) groups is 1. The third kappa shape index (κ3) is 2.25. The average molecular weight is 210 g/mol. The topological polar surface area (TPSA) is 53.6 Å². The third-order valence-corrected chi connectivity index (χ3v) is 4.01. The first kappa shape index (κ1) is 10.7. The molecule has 2 bridgehead atoms. The summed E-state index contributed by atoms with van der Waals surface area (Å²) >= 11 is 0. The van der Waals surface area contributed by atoms with Gasteiger partial charge in [-0.05, 0) is 38.6 Å². The van der Waals surface area contributed by atoms with Crippen molar-refractivity contribution in [3.05, 3.63) is 0 Å². The number of fused-ring (bicyclic) bond motifs is 2. The Morgan fingerprint density at radius 2 is 2.00 bits per heavy atom. The molecule has 15 heavy (non-hydrogen) atoms.